The van der Waals surface area contributed by atoms with Gasteiger partial charge in [0.1, 0.15) is 17.4 Å². The van der Waals surface area contributed by atoms with Crippen molar-refractivity contribution in [2.75, 3.05) is 0 Å². The van der Waals surface area contributed by atoms with E-state index in [2.05, 4.69) is 9.97 Å². The van der Waals surface area contributed by atoms with Gasteiger partial charge in [-0.15, -0.1) is 11.3 Å². The van der Waals surface area contributed by atoms with Crippen LogP contribution in [0.4, 0.5) is 0 Å². The van der Waals surface area contributed by atoms with E-state index in [1.807, 2.05) is 31.4 Å². The van der Waals surface area contributed by atoms with Gasteiger partial charge in [0.25, 0.3) is 0 Å². The average molecular weight is 250 g/mol. The standard InChI is InChI=1S/C12H14N2O2S/c1-3-8(12(15)16)11-13-7(2)10(14-11)9-5-4-6-17-9/h4-6,8H,3H2,1-2H3,(H,13,14)(H,15,16). The molecule has 0 amide bonds. The molecule has 0 aliphatic rings. The molecule has 0 bridgehead atoms. The number of carboxylic acids is 1. The molecular formula is C12H14N2O2S. The SMILES string of the molecule is CCC(C(=O)O)c1nc(-c2cccs2)c(C)[nH]1. The quantitative estimate of drug-likeness (QED) is 0.876. The minimum Gasteiger partial charge on any atom is -0.481 e. The topological polar surface area (TPSA) is 66.0 Å². The van der Waals surface area contributed by atoms with E-state index in [-0.39, 0.29) is 0 Å². The zero-order valence-corrected chi connectivity index (χ0v) is 10.5. The largest absolute Gasteiger partial charge is 0.481 e. The van der Waals surface area contributed by atoms with Gasteiger partial charge in [0.05, 0.1) is 4.88 Å². The third kappa shape index (κ3) is 2.24. The molecule has 2 aromatic rings. The van der Waals surface area contributed by atoms with Gasteiger partial charge in [-0.05, 0) is 24.8 Å². The number of hydrogen-bond acceptors (Lipinski definition) is 3. The Hall–Kier alpha value is -1.62. The molecule has 0 saturated heterocycles. The maximum absolute atomic E-state index is 11.1. The van der Waals surface area contributed by atoms with Crippen molar-refractivity contribution >= 4 is 17.3 Å². The second-order valence-corrected chi connectivity index (χ2v) is 4.82. The second kappa shape index (κ2) is 4.71. The Morgan fingerprint density at radius 1 is 1.65 bits per heavy atom. The maximum atomic E-state index is 11.1. The van der Waals surface area contributed by atoms with Crippen molar-refractivity contribution in [1.82, 2.24) is 9.97 Å². The van der Waals surface area contributed by atoms with E-state index >= 15 is 0 Å². The van der Waals surface area contributed by atoms with Crippen molar-refractivity contribution in [3.05, 3.63) is 29.0 Å². The van der Waals surface area contributed by atoms with Crippen LogP contribution in [-0.2, 0) is 4.79 Å². The van der Waals surface area contributed by atoms with E-state index in [9.17, 15) is 4.79 Å². The molecule has 1 atom stereocenters. The highest BCUT2D eigenvalue weighted by molar-refractivity contribution is 7.13. The first-order valence-corrected chi connectivity index (χ1v) is 6.34. The zero-order valence-electron chi connectivity index (χ0n) is 9.73. The highest BCUT2D eigenvalue weighted by Gasteiger charge is 2.22. The molecule has 0 spiro atoms. The Kier molecular flexibility index (Phi) is 3.28. The van der Waals surface area contributed by atoms with Gasteiger partial charge in [0.2, 0.25) is 0 Å². The van der Waals surface area contributed by atoms with Crippen molar-refractivity contribution in [2.45, 2.75) is 26.2 Å². The van der Waals surface area contributed by atoms with Crippen molar-refractivity contribution in [1.29, 1.82) is 0 Å². The van der Waals surface area contributed by atoms with E-state index < -0.39 is 11.9 Å². The number of imidazole rings is 1. The van der Waals surface area contributed by atoms with Gasteiger partial charge >= 0.3 is 5.97 Å². The van der Waals surface area contributed by atoms with Crippen LogP contribution in [0.2, 0.25) is 0 Å². The van der Waals surface area contributed by atoms with Gasteiger partial charge in [0.15, 0.2) is 0 Å². The number of H-pyrrole nitrogens is 1. The van der Waals surface area contributed by atoms with Crippen LogP contribution in [-0.4, -0.2) is 21.0 Å². The molecule has 5 heteroatoms. The summed E-state index contributed by atoms with van der Waals surface area (Å²) in [6, 6.07) is 3.95. The Morgan fingerprint density at radius 3 is 2.94 bits per heavy atom. The smallest absolute Gasteiger partial charge is 0.314 e. The minimum absolute atomic E-state index is 0.534. The third-order valence-corrected chi connectivity index (χ3v) is 3.57. The van der Waals surface area contributed by atoms with Gasteiger partial charge in [-0.2, -0.15) is 0 Å². The molecule has 0 aliphatic heterocycles. The fraction of sp³-hybridized carbons (Fsp3) is 0.333. The van der Waals surface area contributed by atoms with Crippen LogP contribution in [0.25, 0.3) is 10.6 Å². The van der Waals surface area contributed by atoms with Gasteiger partial charge in [-0.3, -0.25) is 4.79 Å². The molecule has 2 rings (SSSR count). The van der Waals surface area contributed by atoms with Crippen molar-refractivity contribution in [3.63, 3.8) is 0 Å². The Morgan fingerprint density at radius 2 is 2.41 bits per heavy atom. The molecule has 4 nitrogen and oxygen atoms in total. The summed E-state index contributed by atoms with van der Waals surface area (Å²) in [5.41, 5.74) is 1.77. The van der Waals surface area contributed by atoms with Crippen molar-refractivity contribution in [2.24, 2.45) is 0 Å². The second-order valence-electron chi connectivity index (χ2n) is 3.87. The molecule has 0 saturated carbocycles. The molecule has 90 valence electrons. The molecule has 2 aromatic heterocycles. The van der Waals surface area contributed by atoms with Crippen molar-refractivity contribution in [3.8, 4) is 10.6 Å². The lowest BCUT2D eigenvalue weighted by Gasteiger charge is -2.04. The molecule has 0 radical (unpaired) electrons. The molecule has 0 aromatic carbocycles. The minimum atomic E-state index is -0.834. The predicted octanol–water partition coefficient (Wildman–Crippen LogP) is 3.02. The monoisotopic (exact) mass is 250 g/mol. The summed E-state index contributed by atoms with van der Waals surface area (Å²) < 4.78 is 0. The maximum Gasteiger partial charge on any atom is 0.314 e. The number of aliphatic carboxylic acids is 1. The summed E-state index contributed by atoms with van der Waals surface area (Å²) >= 11 is 1.60. The fourth-order valence-electron chi connectivity index (χ4n) is 1.79. The number of hydrogen-bond donors (Lipinski definition) is 2. The number of aromatic nitrogens is 2. The summed E-state index contributed by atoms with van der Waals surface area (Å²) in [5, 5.41) is 11.1. The summed E-state index contributed by atoms with van der Waals surface area (Å²) in [6.07, 6.45) is 0.534. The third-order valence-electron chi connectivity index (χ3n) is 2.69. The van der Waals surface area contributed by atoms with Crippen LogP contribution in [0.5, 0.6) is 0 Å². The van der Waals surface area contributed by atoms with Crippen LogP contribution in [0, 0.1) is 6.92 Å². The van der Waals surface area contributed by atoms with Gasteiger partial charge in [-0.25, -0.2) is 4.98 Å². The van der Waals surface area contributed by atoms with E-state index in [1.165, 1.54) is 0 Å². The molecule has 0 aliphatic carbocycles. The predicted molar refractivity (Wildman–Crippen MR) is 67.3 cm³/mol. The highest BCUT2D eigenvalue weighted by atomic mass is 32.1. The Balaban J connectivity index is 2.40. The lowest BCUT2D eigenvalue weighted by Crippen LogP contribution is -2.12. The van der Waals surface area contributed by atoms with E-state index in [0.717, 1.165) is 16.3 Å². The lowest BCUT2D eigenvalue weighted by atomic mass is 10.1. The van der Waals surface area contributed by atoms with Crippen molar-refractivity contribution < 1.29 is 9.90 Å². The number of nitrogens with one attached hydrogen (secondary N) is 1. The molecule has 2 heterocycles. The Bertz CT molecular complexity index is 517. The number of rotatable bonds is 4. The van der Waals surface area contributed by atoms with Gasteiger partial charge in [-0.1, -0.05) is 13.0 Å². The van der Waals surface area contributed by atoms with Crippen LogP contribution in [0.15, 0.2) is 17.5 Å². The molecule has 2 N–H and O–H groups in total. The Labute approximate surface area is 103 Å². The molecular weight excluding hydrogens is 236 g/mol. The van der Waals surface area contributed by atoms with E-state index in [0.29, 0.717) is 12.2 Å². The van der Waals surface area contributed by atoms with Crippen LogP contribution < -0.4 is 0 Å². The number of aryl methyl sites for hydroxylation is 1. The molecule has 17 heavy (non-hydrogen) atoms. The summed E-state index contributed by atoms with van der Waals surface area (Å²) in [5.74, 6) is -0.845. The first kappa shape index (κ1) is 11.9. The van der Waals surface area contributed by atoms with E-state index in [1.54, 1.807) is 11.3 Å². The highest BCUT2D eigenvalue weighted by Crippen LogP contribution is 2.28. The first-order valence-electron chi connectivity index (χ1n) is 5.46. The first-order chi connectivity index (χ1) is 8.13. The number of carboxylic acid groups (broad SMARTS) is 1. The number of thiophene rings is 1. The summed E-state index contributed by atoms with van der Waals surface area (Å²) in [4.78, 5) is 19.6. The van der Waals surface area contributed by atoms with E-state index in [4.69, 9.17) is 5.11 Å². The lowest BCUT2D eigenvalue weighted by molar-refractivity contribution is -0.139. The van der Waals surface area contributed by atoms with Gasteiger partial charge < -0.3 is 10.1 Å². The average Bonchev–Trinajstić information content (AvgIpc) is 2.87. The van der Waals surface area contributed by atoms with Crippen LogP contribution in [0.3, 0.4) is 0 Å². The van der Waals surface area contributed by atoms with Gasteiger partial charge in [0, 0.05) is 5.69 Å². The number of carbonyl (C=O) groups is 1. The van der Waals surface area contributed by atoms with Crippen LogP contribution >= 0.6 is 11.3 Å². The zero-order chi connectivity index (χ0) is 12.4. The number of aromatic amines is 1. The fourth-order valence-corrected chi connectivity index (χ4v) is 2.56. The molecule has 1 unspecified atom stereocenters. The number of nitrogens with zero attached hydrogens (tertiary/aromatic N) is 1. The van der Waals surface area contributed by atoms with Crippen LogP contribution in [0.1, 0.15) is 30.8 Å². The summed E-state index contributed by atoms with van der Waals surface area (Å²) in [6.45, 7) is 3.77. The normalized spacial score (nSPS) is 12.6. The summed E-state index contributed by atoms with van der Waals surface area (Å²) in [7, 11) is 0. The molecule has 0 fully saturated rings.